The molecule has 1 amide bonds. The molecule has 8 heteroatoms. The first kappa shape index (κ1) is 24.9. The molecule has 29 heavy (non-hydrogen) atoms. The summed E-state index contributed by atoms with van der Waals surface area (Å²) in [5, 5.41) is 2.95. The van der Waals surface area contributed by atoms with E-state index in [-0.39, 0.29) is 24.5 Å². The molecule has 0 unspecified atom stereocenters. The number of alkyl halides is 3. The minimum atomic E-state index is -4.28. The van der Waals surface area contributed by atoms with Gasteiger partial charge in [0.2, 0.25) is 0 Å². The molecule has 0 bridgehead atoms. The van der Waals surface area contributed by atoms with E-state index < -0.39 is 18.6 Å². The lowest BCUT2D eigenvalue weighted by Gasteiger charge is -2.35. The number of aryl methyl sites for hydroxylation is 2. The van der Waals surface area contributed by atoms with E-state index in [0.717, 1.165) is 30.8 Å². The van der Waals surface area contributed by atoms with E-state index in [1.807, 2.05) is 0 Å². The number of benzene rings is 1. The normalized spacial score (nSPS) is 12.0. The Morgan fingerprint density at radius 3 is 2.00 bits per heavy atom. The molecule has 1 aromatic rings. The van der Waals surface area contributed by atoms with Crippen molar-refractivity contribution in [1.82, 2.24) is 0 Å². The van der Waals surface area contributed by atoms with Gasteiger partial charge < -0.3 is 14.5 Å². The molecule has 0 aliphatic carbocycles. The van der Waals surface area contributed by atoms with Gasteiger partial charge in [0.25, 0.3) is 5.91 Å². The summed E-state index contributed by atoms with van der Waals surface area (Å²) in [5.74, 6) is -0.532. The zero-order valence-corrected chi connectivity index (χ0v) is 17.9. The third kappa shape index (κ3) is 8.04. The Bertz CT molecular complexity index is 682. The van der Waals surface area contributed by atoms with E-state index in [9.17, 15) is 22.8 Å². The zero-order valence-electron chi connectivity index (χ0n) is 17.9. The predicted octanol–water partition coefficient (Wildman–Crippen LogP) is 4.76. The summed E-state index contributed by atoms with van der Waals surface area (Å²) in [7, 11) is 0. The van der Waals surface area contributed by atoms with E-state index in [1.54, 1.807) is 26.0 Å². The number of quaternary nitrogens is 1. The Balaban J connectivity index is 2.77. The molecule has 0 fully saturated rings. The number of likely N-dealkylation sites (N-methyl/N-ethyl adjacent to an activating group) is 1. The molecule has 0 aliphatic rings. The molecule has 5 nitrogen and oxygen atoms in total. The van der Waals surface area contributed by atoms with Gasteiger partial charge in [-0.3, -0.25) is 9.59 Å². The Morgan fingerprint density at radius 2 is 1.55 bits per heavy atom. The van der Waals surface area contributed by atoms with E-state index in [1.165, 1.54) is 0 Å². The van der Waals surface area contributed by atoms with E-state index in [0.29, 0.717) is 16.7 Å². The molecule has 0 radical (unpaired) electrons. The summed E-state index contributed by atoms with van der Waals surface area (Å²) in [4.78, 5) is 24.3. The molecular weight excluding hydrogens is 385 g/mol. The van der Waals surface area contributed by atoms with Crippen molar-refractivity contribution in [3.05, 3.63) is 23.3 Å². The Labute approximate surface area is 170 Å². The molecule has 0 saturated carbocycles. The van der Waals surface area contributed by atoms with Gasteiger partial charge in [0, 0.05) is 18.5 Å². The van der Waals surface area contributed by atoms with E-state index >= 15 is 0 Å². The molecule has 1 aromatic carbocycles. The van der Waals surface area contributed by atoms with Crippen molar-refractivity contribution in [3.8, 4) is 5.75 Å². The highest BCUT2D eigenvalue weighted by atomic mass is 19.4. The number of nitrogens with zero attached hydrogens (tertiary/aromatic N) is 1. The quantitative estimate of drug-likeness (QED) is 0.339. The van der Waals surface area contributed by atoms with Gasteiger partial charge in [-0.25, -0.2) is 0 Å². The standard InChI is InChI=1S/C21H31F3N2O3/c1-6-26(7-2,8-3)14-18(27)25-20-15(4)12-17(13-16(20)5)29-19(28)10-9-11-21(22,23)24/h12-13H,6-11,14H2,1-5H3/p+1. The highest BCUT2D eigenvalue weighted by Crippen LogP contribution is 2.27. The second-order valence-electron chi connectivity index (χ2n) is 7.37. The molecular formula is C21H32F3N2O3+. The minimum Gasteiger partial charge on any atom is -0.427 e. The van der Waals surface area contributed by atoms with Gasteiger partial charge in [-0.15, -0.1) is 0 Å². The topological polar surface area (TPSA) is 55.4 Å². The zero-order chi connectivity index (χ0) is 22.2. The molecule has 164 valence electrons. The molecule has 0 heterocycles. The predicted molar refractivity (Wildman–Crippen MR) is 107 cm³/mol. The molecule has 0 aliphatic heterocycles. The van der Waals surface area contributed by atoms with Crippen LogP contribution in [0.2, 0.25) is 0 Å². The lowest BCUT2D eigenvalue weighted by atomic mass is 10.1. The number of nitrogens with one attached hydrogen (secondary N) is 1. The number of ether oxygens (including phenoxy) is 1. The van der Waals surface area contributed by atoms with Crippen LogP contribution < -0.4 is 10.1 Å². The van der Waals surface area contributed by atoms with Crippen LogP contribution in [-0.4, -0.2) is 48.7 Å². The molecule has 1 N–H and O–H groups in total. The number of rotatable bonds is 10. The maximum atomic E-state index is 12.6. The highest BCUT2D eigenvalue weighted by Gasteiger charge is 2.27. The summed E-state index contributed by atoms with van der Waals surface area (Å²) in [5.41, 5.74) is 2.10. The number of hydrogen-bond acceptors (Lipinski definition) is 3. The molecule has 0 atom stereocenters. The van der Waals surface area contributed by atoms with Gasteiger partial charge >= 0.3 is 12.1 Å². The first-order valence-electron chi connectivity index (χ1n) is 9.99. The maximum Gasteiger partial charge on any atom is 0.389 e. The van der Waals surface area contributed by atoms with Crippen LogP contribution in [0.15, 0.2) is 12.1 Å². The van der Waals surface area contributed by atoms with Gasteiger partial charge in [0.15, 0.2) is 6.54 Å². The fraction of sp³-hybridized carbons (Fsp3) is 0.619. The number of carbonyl (C=O) groups is 2. The lowest BCUT2D eigenvalue weighted by Crippen LogP contribution is -2.52. The summed E-state index contributed by atoms with van der Waals surface area (Å²) < 4.78 is 42.4. The van der Waals surface area contributed by atoms with Crippen LogP contribution in [0.3, 0.4) is 0 Å². The number of esters is 1. The number of amides is 1. The van der Waals surface area contributed by atoms with Crippen molar-refractivity contribution in [2.24, 2.45) is 0 Å². The summed E-state index contributed by atoms with van der Waals surface area (Å²) in [6.07, 6.45) is -5.91. The van der Waals surface area contributed by atoms with Crippen molar-refractivity contribution >= 4 is 17.6 Å². The average molecular weight is 417 g/mol. The number of carbonyl (C=O) groups excluding carboxylic acids is 2. The third-order valence-corrected chi connectivity index (χ3v) is 5.33. The second-order valence-corrected chi connectivity index (χ2v) is 7.37. The monoisotopic (exact) mass is 417 g/mol. The van der Waals surface area contributed by atoms with Crippen LogP contribution in [0.4, 0.5) is 18.9 Å². The SMILES string of the molecule is CC[N+](CC)(CC)CC(=O)Nc1c(C)cc(OC(=O)CCCC(F)(F)F)cc1C. The van der Waals surface area contributed by atoms with Crippen molar-refractivity contribution in [3.63, 3.8) is 0 Å². The highest BCUT2D eigenvalue weighted by molar-refractivity contribution is 5.93. The van der Waals surface area contributed by atoms with Crippen LogP contribution in [0.25, 0.3) is 0 Å². The van der Waals surface area contributed by atoms with Crippen molar-refractivity contribution in [2.45, 2.75) is 60.1 Å². The number of anilines is 1. The van der Waals surface area contributed by atoms with Gasteiger partial charge in [0.1, 0.15) is 5.75 Å². The van der Waals surface area contributed by atoms with Gasteiger partial charge in [0.05, 0.1) is 19.6 Å². The summed E-state index contributed by atoms with van der Waals surface area (Å²) in [6, 6.07) is 3.21. The molecule has 0 spiro atoms. The lowest BCUT2D eigenvalue weighted by molar-refractivity contribution is -0.915. The Hall–Kier alpha value is -2.09. The maximum absolute atomic E-state index is 12.6. The van der Waals surface area contributed by atoms with Gasteiger partial charge in [-0.1, -0.05) is 0 Å². The van der Waals surface area contributed by atoms with Crippen molar-refractivity contribution in [1.29, 1.82) is 0 Å². The first-order valence-corrected chi connectivity index (χ1v) is 9.99. The van der Waals surface area contributed by atoms with E-state index in [2.05, 4.69) is 26.1 Å². The fourth-order valence-electron chi connectivity index (χ4n) is 3.29. The van der Waals surface area contributed by atoms with Crippen LogP contribution in [0, 0.1) is 13.8 Å². The molecule has 0 aromatic heterocycles. The molecule has 1 rings (SSSR count). The van der Waals surface area contributed by atoms with Crippen LogP contribution in [0.5, 0.6) is 5.75 Å². The fourth-order valence-corrected chi connectivity index (χ4v) is 3.29. The minimum absolute atomic E-state index is 0.0846. The molecule has 0 saturated heterocycles. The van der Waals surface area contributed by atoms with Gasteiger partial charge in [-0.2, -0.15) is 13.2 Å². The van der Waals surface area contributed by atoms with Crippen LogP contribution in [-0.2, 0) is 9.59 Å². The van der Waals surface area contributed by atoms with Crippen molar-refractivity contribution < 1.29 is 32.0 Å². The van der Waals surface area contributed by atoms with Crippen molar-refractivity contribution in [2.75, 3.05) is 31.5 Å². The first-order chi connectivity index (χ1) is 13.4. The third-order valence-electron chi connectivity index (χ3n) is 5.33. The number of hydrogen-bond donors (Lipinski definition) is 1. The van der Waals surface area contributed by atoms with Crippen LogP contribution in [0.1, 0.15) is 51.2 Å². The van der Waals surface area contributed by atoms with Gasteiger partial charge in [-0.05, 0) is 64.3 Å². The number of halogens is 3. The average Bonchev–Trinajstić information content (AvgIpc) is 2.62. The largest absolute Gasteiger partial charge is 0.427 e. The Morgan fingerprint density at radius 1 is 1.03 bits per heavy atom. The smallest absolute Gasteiger partial charge is 0.389 e. The summed E-state index contributed by atoms with van der Waals surface area (Å²) >= 11 is 0. The summed E-state index contributed by atoms with van der Waals surface area (Å²) in [6.45, 7) is 12.7. The van der Waals surface area contributed by atoms with Crippen LogP contribution >= 0.6 is 0 Å². The Kier molecular flexibility index (Phi) is 9.14. The second kappa shape index (κ2) is 10.6. The van der Waals surface area contributed by atoms with E-state index in [4.69, 9.17) is 4.74 Å².